The van der Waals surface area contributed by atoms with E-state index >= 15 is 0 Å². The van der Waals surface area contributed by atoms with E-state index < -0.39 is 0 Å². The van der Waals surface area contributed by atoms with E-state index in [1.807, 2.05) is 13.0 Å². The molecule has 2 atom stereocenters. The molecular weight excluding hydrogens is 362 g/mol. The molecule has 0 aromatic carbocycles. The van der Waals surface area contributed by atoms with E-state index in [1.165, 1.54) is 50.6 Å². The number of carbonyl (C=O) groups is 2. The summed E-state index contributed by atoms with van der Waals surface area (Å²) in [6.07, 6.45) is 8.44. The summed E-state index contributed by atoms with van der Waals surface area (Å²) in [5.74, 6) is -0.303. The lowest BCUT2D eigenvalue weighted by atomic mass is 9.96. The Balaban J connectivity index is 1.49. The largest absolute Gasteiger partial charge is 0.469 e. The molecule has 2 aliphatic rings. The number of hydrogen-bond donors (Lipinski definition) is 1. The highest BCUT2D eigenvalue weighted by Gasteiger charge is 2.32. The molecule has 1 unspecified atom stereocenters. The Morgan fingerprint density at radius 2 is 2.00 bits per heavy atom. The molecule has 0 saturated heterocycles. The fourth-order valence-corrected chi connectivity index (χ4v) is 5.64. The first-order chi connectivity index (χ1) is 13.1. The van der Waals surface area contributed by atoms with E-state index in [2.05, 4.69) is 10.00 Å². The third-order valence-electron chi connectivity index (χ3n) is 6.01. The fraction of sp³-hybridized carbons (Fsp3) is 0.650. The van der Waals surface area contributed by atoms with Crippen molar-refractivity contribution in [3.63, 3.8) is 0 Å². The number of hydrogen-bond acceptors (Lipinski definition) is 5. The van der Waals surface area contributed by atoms with Crippen molar-refractivity contribution in [3.05, 3.63) is 16.6 Å². The fourth-order valence-electron chi connectivity index (χ4n) is 4.51. The summed E-state index contributed by atoms with van der Waals surface area (Å²) >= 11 is 1.54. The highest BCUT2D eigenvalue weighted by atomic mass is 32.1. The van der Waals surface area contributed by atoms with Gasteiger partial charge in [-0.2, -0.15) is 5.10 Å². The average molecular weight is 390 g/mol. The Bertz CT molecular complexity index is 850. The van der Waals surface area contributed by atoms with Crippen molar-refractivity contribution in [2.24, 2.45) is 5.92 Å². The molecular formula is C20H27N3O3S. The second-order valence-corrected chi connectivity index (χ2v) is 8.89. The molecule has 1 amide bonds. The molecule has 0 spiro atoms. The Kier molecular flexibility index (Phi) is 5.21. The van der Waals surface area contributed by atoms with E-state index in [0.29, 0.717) is 12.5 Å². The van der Waals surface area contributed by atoms with Gasteiger partial charge in [0.1, 0.15) is 4.83 Å². The molecule has 2 aromatic rings. The van der Waals surface area contributed by atoms with E-state index in [0.717, 1.165) is 33.6 Å². The number of nitrogens with one attached hydrogen (secondary N) is 1. The summed E-state index contributed by atoms with van der Waals surface area (Å²) in [7, 11) is 1.42. The minimum atomic E-state index is -0.170. The van der Waals surface area contributed by atoms with Crippen molar-refractivity contribution < 1.29 is 14.3 Å². The van der Waals surface area contributed by atoms with Gasteiger partial charge in [-0.1, -0.05) is 19.3 Å². The first kappa shape index (κ1) is 18.5. The number of aryl methyl sites for hydroxylation is 1. The second-order valence-electron chi connectivity index (χ2n) is 7.85. The lowest BCUT2D eigenvalue weighted by Gasteiger charge is -2.22. The van der Waals surface area contributed by atoms with Gasteiger partial charge in [0.15, 0.2) is 0 Å². The number of methoxy groups -OCH3 is 1. The molecule has 2 saturated carbocycles. The molecule has 2 aromatic heterocycles. The molecule has 6 nitrogen and oxygen atoms in total. The van der Waals surface area contributed by atoms with Crippen LogP contribution in [0.4, 0.5) is 0 Å². The van der Waals surface area contributed by atoms with Gasteiger partial charge in [0.05, 0.1) is 29.6 Å². The molecule has 1 N–H and O–H groups in total. The highest BCUT2D eigenvalue weighted by Crippen LogP contribution is 2.35. The zero-order valence-electron chi connectivity index (χ0n) is 16.0. The number of ether oxygens (including phenoxy) is 1. The maximum Gasteiger partial charge on any atom is 0.308 e. The molecule has 146 valence electrons. The Morgan fingerprint density at radius 3 is 2.74 bits per heavy atom. The zero-order chi connectivity index (χ0) is 19.0. The number of nitrogens with zero attached hydrogens (tertiary/aromatic N) is 2. The second kappa shape index (κ2) is 7.62. The first-order valence-electron chi connectivity index (χ1n) is 9.94. The van der Waals surface area contributed by atoms with Crippen LogP contribution in [0, 0.1) is 12.8 Å². The first-order valence-corrected chi connectivity index (χ1v) is 10.8. The number of esters is 1. The summed E-state index contributed by atoms with van der Waals surface area (Å²) < 4.78 is 6.99. The topological polar surface area (TPSA) is 73.2 Å². The van der Waals surface area contributed by atoms with Gasteiger partial charge in [-0.3, -0.25) is 14.3 Å². The minimum Gasteiger partial charge on any atom is -0.469 e. The Labute approximate surface area is 163 Å². The molecule has 2 fully saturated rings. The summed E-state index contributed by atoms with van der Waals surface area (Å²) in [5.41, 5.74) is 0.998. The summed E-state index contributed by atoms with van der Waals surface area (Å²) in [5, 5.41) is 8.96. The molecule has 27 heavy (non-hydrogen) atoms. The third-order valence-corrected chi connectivity index (χ3v) is 7.14. The standard InChI is InChI=1S/C20H27N3O3S/c1-12-16-11-17(18(24)21-14-9-8-13(10-14)20(25)26-2)27-19(16)23(22-12)15-6-4-3-5-7-15/h11,13-15H,3-10H2,1-2H3,(H,21,24)/t13-,14?/m0/s1. The normalized spacial score (nSPS) is 23.6. The number of fused-ring (bicyclic) bond motifs is 1. The van der Waals surface area contributed by atoms with Crippen molar-refractivity contribution in [1.29, 1.82) is 0 Å². The molecule has 4 rings (SSSR count). The molecule has 0 bridgehead atoms. The van der Waals surface area contributed by atoms with Crippen molar-refractivity contribution in [2.45, 2.75) is 70.4 Å². The van der Waals surface area contributed by atoms with E-state index in [9.17, 15) is 9.59 Å². The zero-order valence-corrected chi connectivity index (χ0v) is 16.8. The lowest BCUT2D eigenvalue weighted by molar-refractivity contribution is -0.145. The summed E-state index contributed by atoms with van der Waals surface area (Å²) in [6, 6.07) is 2.48. The quantitative estimate of drug-likeness (QED) is 0.803. The molecule has 2 heterocycles. The van der Waals surface area contributed by atoms with Crippen molar-refractivity contribution >= 4 is 33.4 Å². The van der Waals surface area contributed by atoms with Gasteiger partial charge in [-0.25, -0.2) is 0 Å². The molecule has 0 aliphatic heterocycles. The van der Waals surface area contributed by atoms with Crippen LogP contribution in [0.5, 0.6) is 0 Å². The van der Waals surface area contributed by atoms with Gasteiger partial charge >= 0.3 is 5.97 Å². The van der Waals surface area contributed by atoms with Crippen LogP contribution in [0.1, 0.15) is 72.8 Å². The number of carbonyl (C=O) groups excluding carboxylic acids is 2. The van der Waals surface area contributed by atoms with E-state index in [1.54, 1.807) is 0 Å². The number of aromatic nitrogens is 2. The van der Waals surface area contributed by atoms with E-state index in [-0.39, 0.29) is 23.8 Å². The number of thiophene rings is 1. The molecule has 7 heteroatoms. The van der Waals surface area contributed by atoms with Crippen LogP contribution < -0.4 is 5.32 Å². The van der Waals surface area contributed by atoms with Crippen LogP contribution in [0.25, 0.3) is 10.2 Å². The van der Waals surface area contributed by atoms with Crippen molar-refractivity contribution in [2.75, 3.05) is 7.11 Å². The van der Waals surface area contributed by atoms with Crippen molar-refractivity contribution in [1.82, 2.24) is 15.1 Å². The number of amides is 1. The summed E-state index contributed by atoms with van der Waals surface area (Å²) in [6.45, 7) is 2.02. The maximum absolute atomic E-state index is 12.8. The predicted molar refractivity (Wildman–Crippen MR) is 105 cm³/mol. The number of rotatable bonds is 4. The minimum absolute atomic E-state index is 0.0405. The van der Waals surface area contributed by atoms with E-state index in [4.69, 9.17) is 9.84 Å². The van der Waals surface area contributed by atoms with Gasteiger partial charge in [0, 0.05) is 11.4 Å². The van der Waals surface area contributed by atoms with Gasteiger partial charge in [-0.05, 0) is 45.1 Å². The monoisotopic (exact) mass is 389 g/mol. The van der Waals surface area contributed by atoms with Gasteiger partial charge in [-0.15, -0.1) is 11.3 Å². The smallest absolute Gasteiger partial charge is 0.308 e. The molecule has 0 radical (unpaired) electrons. The molecule has 2 aliphatic carbocycles. The lowest BCUT2D eigenvalue weighted by Crippen LogP contribution is -2.32. The van der Waals surface area contributed by atoms with Crippen LogP contribution in [0.2, 0.25) is 0 Å². The predicted octanol–water partition coefficient (Wildman–Crippen LogP) is 3.98. The average Bonchev–Trinajstić information content (AvgIpc) is 3.39. The van der Waals surface area contributed by atoms with Gasteiger partial charge < -0.3 is 10.1 Å². The SMILES string of the molecule is COC(=O)[C@H]1CCC(NC(=O)c2cc3c(C)nn(C4CCCCC4)c3s2)C1. The van der Waals surface area contributed by atoms with Gasteiger partial charge in [0.25, 0.3) is 5.91 Å². The van der Waals surface area contributed by atoms with Crippen LogP contribution >= 0.6 is 11.3 Å². The third kappa shape index (κ3) is 3.61. The van der Waals surface area contributed by atoms with Crippen LogP contribution in [-0.2, 0) is 9.53 Å². The Morgan fingerprint density at radius 1 is 1.22 bits per heavy atom. The summed E-state index contributed by atoms with van der Waals surface area (Å²) in [4.78, 5) is 26.3. The van der Waals surface area contributed by atoms with Crippen LogP contribution in [-0.4, -0.2) is 34.8 Å². The highest BCUT2D eigenvalue weighted by molar-refractivity contribution is 7.20. The van der Waals surface area contributed by atoms with Crippen molar-refractivity contribution in [3.8, 4) is 0 Å². The maximum atomic E-state index is 12.8. The van der Waals surface area contributed by atoms with Gasteiger partial charge in [0.2, 0.25) is 0 Å². The van der Waals surface area contributed by atoms with Crippen LogP contribution in [0.3, 0.4) is 0 Å². The van der Waals surface area contributed by atoms with Crippen LogP contribution in [0.15, 0.2) is 6.07 Å². The Hall–Kier alpha value is -1.89.